The summed E-state index contributed by atoms with van der Waals surface area (Å²) in [6.07, 6.45) is 1.13. The molecular formula is C17H25N5O. The Hall–Kier alpha value is -2.08. The largest absolute Gasteiger partial charge is 0.381 e. The predicted molar refractivity (Wildman–Crippen MR) is 92.8 cm³/mol. The lowest BCUT2D eigenvalue weighted by atomic mass is 10.1. The van der Waals surface area contributed by atoms with Gasteiger partial charge in [0, 0.05) is 39.2 Å². The highest BCUT2D eigenvalue weighted by Crippen LogP contribution is 2.14. The van der Waals surface area contributed by atoms with E-state index in [1.165, 1.54) is 5.52 Å². The second-order valence-electron chi connectivity index (χ2n) is 5.91. The molecule has 2 N–H and O–H groups in total. The summed E-state index contributed by atoms with van der Waals surface area (Å²) in [6, 6.07) is 8.24. The molecule has 1 unspecified atom stereocenters. The molecule has 0 spiro atoms. The van der Waals surface area contributed by atoms with E-state index in [1.807, 2.05) is 13.0 Å². The van der Waals surface area contributed by atoms with Gasteiger partial charge in [-0.25, -0.2) is 4.98 Å². The lowest BCUT2D eigenvalue weighted by molar-refractivity contribution is 0.186. The van der Waals surface area contributed by atoms with Gasteiger partial charge in [-0.2, -0.15) is 0 Å². The summed E-state index contributed by atoms with van der Waals surface area (Å²) in [6.45, 7) is 6.36. The van der Waals surface area contributed by atoms with Crippen LogP contribution in [0.25, 0.3) is 11.0 Å². The molecule has 0 aliphatic carbocycles. The fourth-order valence-corrected chi connectivity index (χ4v) is 2.97. The van der Waals surface area contributed by atoms with Gasteiger partial charge in [0.1, 0.15) is 5.82 Å². The van der Waals surface area contributed by atoms with Gasteiger partial charge in [0.2, 0.25) is 0 Å². The number of nitrogens with zero attached hydrogens (tertiary/aromatic N) is 3. The van der Waals surface area contributed by atoms with Gasteiger partial charge in [-0.15, -0.1) is 0 Å². The van der Waals surface area contributed by atoms with E-state index in [-0.39, 0.29) is 0 Å². The number of benzene rings is 1. The Labute approximate surface area is 137 Å². The van der Waals surface area contributed by atoms with E-state index in [1.54, 1.807) is 7.05 Å². The van der Waals surface area contributed by atoms with Gasteiger partial charge >= 0.3 is 0 Å². The monoisotopic (exact) mass is 315 g/mol. The normalized spacial score (nSPS) is 18.5. The summed E-state index contributed by atoms with van der Waals surface area (Å²) in [5, 5.41) is 6.75. The van der Waals surface area contributed by atoms with Gasteiger partial charge in [-0.1, -0.05) is 12.1 Å². The number of ether oxygens (including phenoxy) is 1. The number of aryl methyl sites for hydroxylation is 1. The minimum absolute atomic E-state index is 0.591. The average molecular weight is 315 g/mol. The summed E-state index contributed by atoms with van der Waals surface area (Å²) in [4.78, 5) is 8.88. The average Bonchev–Trinajstić information content (AvgIpc) is 3.18. The zero-order chi connectivity index (χ0) is 16.1. The van der Waals surface area contributed by atoms with Crippen LogP contribution in [0.1, 0.15) is 12.2 Å². The van der Waals surface area contributed by atoms with Crippen molar-refractivity contribution in [1.82, 2.24) is 20.2 Å². The maximum absolute atomic E-state index is 5.40. The van der Waals surface area contributed by atoms with E-state index in [4.69, 9.17) is 4.74 Å². The van der Waals surface area contributed by atoms with Crippen molar-refractivity contribution in [2.75, 3.05) is 33.4 Å². The third kappa shape index (κ3) is 3.82. The van der Waals surface area contributed by atoms with Crippen molar-refractivity contribution >= 4 is 17.0 Å². The third-order valence-electron chi connectivity index (χ3n) is 4.28. The molecule has 0 saturated carbocycles. The molecule has 2 aromatic rings. The van der Waals surface area contributed by atoms with Crippen LogP contribution in [0, 0.1) is 12.8 Å². The van der Waals surface area contributed by atoms with E-state index in [0.717, 1.165) is 56.6 Å². The number of fused-ring (bicyclic) bond motifs is 1. The standard InChI is InChI=1S/C17H25N5O/c1-13-21-15-5-3-4-6-16(15)22(13)9-8-19-17(18-2)20-11-14-7-10-23-12-14/h3-6,14H,7-12H2,1-2H3,(H2,18,19,20). The first-order chi connectivity index (χ1) is 11.3. The van der Waals surface area contributed by atoms with Crippen molar-refractivity contribution in [3.8, 4) is 0 Å². The maximum Gasteiger partial charge on any atom is 0.191 e. The Morgan fingerprint density at radius 2 is 2.26 bits per heavy atom. The fourth-order valence-electron chi connectivity index (χ4n) is 2.97. The lowest BCUT2D eigenvalue weighted by Crippen LogP contribution is -2.41. The van der Waals surface area contributed by atoms with Crippen LogP contribution in [-0.2, 0) is 11.3 Å². The molecule has 6 nitrogen and oxygen atoms in total. The maximum atomic E-state index is 5.40. The molecule has 1 aromatic heterocycles. The number of hydrogen-bond acceptors (Lipinski definition) is 3. The van der Waals surface area contributed by atoms with Crippen molar-refractivity contribution in [1.29, 1.82) is 0 Å². The molecule has 1 aliphatic rings. The summed E-state index contributed by atoms with van der Waals surface area (Å²) in [7, 11) is 1.80. The summed E-state index contributed by atoms with van der Waals surface area (Å²) >= 11 is 0. The van der Waals surface area contributed by atoms with Crippen LogP contribution in [0.5, 0.6) is 0 Å². The molecule has 2 heterocycles. The van der Waals surface area contributed by atoms with Crippen molar-refractivity contribution < 1.29 is 4.74 Å². The molecule has 3 rings (SSSR count). The summed E-state index contributed by atoms with van der Waals surface area (Å²) in [5.41, 5.74) is 2.23. The number of imidazole rings is 1. The number of nitrogens with one attached hydrogen (secondary N) is 2. The van der Waals surface area contributed by atoms with Crippen molar-refractivity contribution in [3.05, 3.63) is 30.1 Å². The van der Waals surface area contributed by atoms with E-state index >= 15 is 0 Å². The minimum Gasteiger partial charge on any atom is -0.381 e. The topological polar surface area (TPSA) is 63.5 Å². The van der Waals surface area contributed by atoms with Crippen LogP contribution in [-0.4, -0.2) is 48.9 Å². The molecule has 1 saturated heterocycles. The predicted octanol–water partition coefficient (Wildman–Crippen LogP) is 1.55. The van der Waals surface area contributed by atoms with Crippen molar-refractivity contribution in [2.45, 2.75) is 19.9 Å². The zero-order valence-electron chi connectivity index (χ0n) is 13.9. The molecule has 1 atom stereocenters. The number of rotatable bonds is 5. The summed E-state index contributed by atoms with van der Waals surface area (Å²) in [5.74, 6) is 2.48. The van der Waals surface area contributed by atoms with Gasteiger partial charge in [0.25, 0.3) is 0 Å². The van der Waals surface area contributed by atoms with E-state index < -0.39 is 0 Å². The minimum atomic E-state index is 0.591. The first kappa shape index (κ1) is 15.8. The van der Waals surface area contributed by atoms with E-state index in [2.05, 4.69) is 43.4 Å². The second kappa shape index (κ2) is 7.46. The first-order valence-electron chi connectivity index (χ1n) is 8.22. The fraction of sp³-hybridized carbons (Fsp3) is 0.529. The molecule has 0 amide bonds. The Morgan fingerprint density at radius 1 is 1.39 bits per heavy atom. The Bertz CT molecular complexity index is 673. The van der Waals surface area contributed by atoms with Crippen LogP contribution in [0.3, 0.4) is 0 Å². The number of hydrogen-bond donors (Lipinski definition) is 2. The number of aromatic nitrogens is 2. The Kier molecular flexibility index (Phi) is 5.12. The molecule has 1 aromatic carbocycles. The van der Waals surface area contributed by atoms with E-state index in [9.17, 15) is 0 Å². The first-order valence-corrected chi connectivity index (χ1v) is 8.22. The van der Waals surface area contributed by atoms with Gasteiger partial charge in [0.15, 0.2) is 5.96 Å². The van der Waals surface area contributed by atoms with Gasteiger partial charge in [-0.3, -0.25) is 4.99 Å². The Balaban J connectivity index is 1.52. The highest BCUT2D eigenvalue weighted by atomic mass is 16.5. The molecule has 124 valence electrons. The number of guanidine groups is 1. The molecule has 6 heteroatoms. The Morgan fingerprint density at radius 3 is 3.04 bits per heavy atom. The van der Waals surface area contributed by atoms with Crippen molar-refractivity contribution in [2.24, 2.45) is 10.9 Å². The van der Waals surface area contributed by atoms with Gasteiger partial charge in [-0.05, 0) is 25.5 Å². The number of aliphatic imine (C=N–C) groups is 1. The van der Waals surface area contributed by atoms with Crippen LogP contribution in [0.2, 0.25) is 0 Å². The quantitative estimate of drug-likeness (QED) is 0.649. The highest BCUT2D eigenvalue weighted by Gasteiger charge is 2.15. The third-order valence-corrected chi connectivity index (χ3v) is 4.28. The van der Waals surface area contributed by atoms with Crippen LogP contribution < -0.4 is 10.6 Å². The van der Waals surface area contributed by atoms with Crippen LogP contribution in [0.15, 0.2) is 29.3 Å². The highest BCUT2D eigenvalue weighted by molar-refractivity contribution is 5.79. The smallest absolute Gasteiger partial charge is 0.191 e. The van der Waals surface area contributed by atoms with Gasteiger partial charge in [0.05, 0.1) is 17.6 Å². The molecule has 0 radical (unpaired) electrons. The molecule has 23 heavy (non-hydrogen) atoms. The summed E-state index contributed by atoms with van der Waals surface area (Å²) < 4.78 is 7.63. The second-order valence-corrected chi connectivity index (χ2v) is 5.91. The van der Waals surface area contributed by atoms with Crippen LogP contribution >= 0.6 is 0 Å². The van der Waals surface area contributed by atoms with E-state index in [0.29, 0.717) is 5.92 Å². The molecule has 0 bridgehead atoms. The molecular weight excluding hydrogens is 290 g/mol. The number of para-hydroxylation sites is 2. The SMILES string of the molecule is CN=C(NCCn1c(C)nc2ccccc21)NCC1CCOC1. The van der Waals surface area contributed by atoms with Crippen LogP contribution in [0.4, 0.5) is 0 Å². The molecule has 1 aliphatic heterocycles. The zero-order valence-corrected chi connectivity index (χ0v) is 13.9. The van der Waals surface area contributed by atoms with Gasteiger partial charge < -0.3 is 19.9 Å². The lowest BCUT2D eigenvalue weighted by Gasteiger charge is -2.15. The van der Waals surface area contributed by atoms with Crippen molar-refractivity contribution in [3.63, 3.8) is 0 Å². The molecule has 1 fully saturated rings.